The largest absolute Gasteiger partial charge is 0.508 e. The smallest absolute Gasteiger partial charge is 0.338 e. The van der Waals surface area contributed by atoms with E-state index in [9.17, 15) is 25.1 Å². The minimum Gasteiger partial charge on any atom is -0.508 e. The van der Waals surface area contributed by atoms with E-state index in [4.69, 9.17) is 10.5 Å². The highest BCUT2D eigenvalue weighted by molar-refractivity contribution is 7.07. The molecule has 2 aromatic carbocycles. The fourth-order valence-electron chi connectivity index (χ4n) is 3.68. The summed E-state index contributed by atoms with van der Waals surface area (Å²) in [5, 5.41) is 29.1. The van der Waals surface area contributed by atoms with Crippen molar-refractivity contribution in [1.29, 1.82) is 5.26 Å². The van der Waals surface area contributed by atoms with Crippen molar-refractivity contribution in [2.24, 2.45) is 5.73 Å². The quantitative estimate of drug-likeness (QED) is 0.498. The maximum absolute atomic E-state index is 13.2. The zero-order chi connectivity index (χ0) is 23.7. The van der Waals surface area contributed by atoms with Gasteiger partial charge in [-0.3, -0.25) is 9.36 Å². The van der Waals surface area contributed by atoms with Crippen LogP contribution in [-0.4, -0.2) is 27.4 Å². The number of hydrogen-bond donors (Lipinski definition) is 3. The number of nitriles is 1. The Hall–Kier alpha value is -4.29. The number of hydrogen-bond acceptors (Lipinski definition) is 8. The van der Waals surface area contributed by atoms with Gasteiger partial charge in [-0.15, -0.1) is 11.3 Å². The van der Waals surface area contributed by atoms with Gasteiger partial charge in [0.1, 0.15) is 22.0 Å². The molecule has 1 atom stereocenters. The lowest BCUT2D eigenvalue weighted by Crippen LogP contribution is -2.40. The van der Waals surface area contributed by atoms with Gasteiger partial charge in [-0.1, -0.05) is 24.3 Å². The lowest BCUT2D eigenvalue weighted by Gasteiger charge is -2.24. The molecule has 33 heavy (non-hydrogen) atoms. The molecule has 0 saturated heterocycles. The topological polar surface area (TPSA) is 139 Å². The number of nitrogens with zero attached hydrogens (tertiary/aromatic N) is 2. The Morgan fingerprint density at radius 1 is 1.18 bits per heavy atom. The third kappa shape index (κ3) is 3.88. The SMILES string of the molecule is CCOC(=O)C1=c2s/c(=C\c3ccc(O)cc3)c(=O)n2C(N)=C(C#N)C1c1ccc(O)cc1. The number of rotatable bonds is 4. The number of carbonyl (C=O) groups excluding carboxylic acids is 1. The van der Waals surface area contributed by atoms with Gasteiger partial charge in [-0.25, -0.2) is 4.79 Å². The Balaban J connectivity index is 2.08. The number of fused-ring (bicyclic) bond motifs is 1. The normalized spacial score (nSPS) is 15.8. The van der Waals surface area contributed by atoms with Crippen molar-refractivity contribution in [1.82, 2.24) is 4.57 Å². The van der Waals surface area contributed by atoms with Gasteiger partial charge in [0.15, 0.2) is 0 Å². The number of esters is 1. The molecule has 1 unspecified atom stereocenters. The van der Waals surface area contributed by atoms with Crippen molar-refractivity contribution in [3.63, 3.8) is 0 Å². The van der Waals surface area contributed by atoms with E-state index in [-0.39, 0.29) is 39.7 Å². The highest BCUT2D eigenvalue weighted by atomic mass is 32.1. The van der Waals surface area contributed by atoms with Crippen LogP contribution in [0.4, 0.5) is 0 Å². The van der Waals surface area contributed by atoms with Crippen LogP contribution in [0.2, 0.25) is 0 Å². The molecule has 8 nitrogen and oxygen atoms in total. The average Bonchev–Trinajstić information content (AvgIpc) is 3.11. The van der Waals surface area contributed by atoms with E-state index in [0.717, 1.165) is 11.3 Å². The Morgan fingerprint density at radius 2 is 1.79 bits per heavy atom. The molecular weight excluding hydrogens is 442 g/mol. The van der Waals surface area contributed by atoms with Crippen LogP contribution in [0.3, 0.4) is 0 Å². The van der Waals surface area contributed by atoms with E-state index >= 15 is 0 Å². The Morgan fingerprint density at radius 3 is 2.36 bits per heavy atom. The summed E-state index contributed by atoms with van der Waals surface area (Å²) >= 11 is 1.06. The number of aromatic nitrogens is 1. The summed E-state index contributed by atoms with van der Waals surface area (Å²) in [5.41, 5.74) is 7.19. The number of nitrogens with two attached hydrogens (primary N) is 1. The number of ether oxygens (including phenoxy) is 1. The van der Waals surface area contributed by atoms with E-state index < -0.39 is 17.4 Å². The van der Waals surface area contributed by atoms with E-state index in [2.05, 4.69) is 0 Å². The van der Waals surface area contributed by atoms with Crippen LogP contribution in [0.1, 0.15) is 24.0 Å². The monoisotopic (exact) mass is 461 g/mol. The zero-order valence-electron chi connectivity index (χ0n) is 17.5. The summed E-state index contributed by atoms with van der Waals surface area (Å²) in [6, 6.07) is 14.4. The van der Waals surface area contributed by atoms with Gasteiger partial charge < -0.3 is 20.7 Å². The molecule has 1 aliphatic rings. The first kappa shape index (κ1) is 21.9. The van der Waals surface area contributed by atoms with Crippen LogP contribution in [0.25, 0.3) is 17.5 Å². The van der Waals surface area contributed by atoms with Crippen molar-refractivity contribution in [3.8, 4) is 17.6 Å². The molecule has 0 fully saturated rings. The first-order chi connectivity index (χ1) is 15.8. The van der Waals surface area contributed by atoms with Gasteiger partial charge in [-0.05, 0) is 48.4 Å². The second-order valence-corrected chi connectivity index (χ2v) is 8.25. The summed E-state index contributed by atoms with van der Waals surface area (Å²) in [7, 11) is 0. The van der Waals surface area contributed by atoms with Crippen LogP contribution in [0.15, 0.2) is 58.9 Å². The maximum atomic E-state index is 13.2. The molecule has 0 spiro atoms. The number of allylic oxidation sites excluding steroid dienone is 1. The average molecular weight is 461 g/mol. The lowest BCUT2D eigenvalue weighted by molar-refractivity contribution is -0.136. The predicted octanol–water partition coefficient (Wildman–Crippen LogP) is 1.31. The summed E-state index contributed by atoms with van der Waals surface area (Å²) in [6.45, 7) is 1.77. The highest BCUT2D eigenvalue weighted by Crippen LogP contribution is 2.37. The fraction of sp³-hybridized carbons (Fsp3) is 0.125. The van der Waals surface area contributed by atoms with Crippen LogP contribution >= 0.6 is 11.3 Å². The summed E-state index contributed by atoms with van der Waals surface area (Å²) < 4.78 is 7.01. The molecule has 4 N–H and O–H groups in total. The number of phenolic OH excluding ortho intramolecular Hbond substituents is 2. The van der Waals surface area contributed by atoms with Crippen molar-refractivity contribution >= 4 is 34.8 Å². The van der Waals surface area contributed by atoms with Gasteiger partial charge >= 0.3 is 5.97 Å². The molecule has 3 aromatic rings. The summed E-state index contributed by atoms with van der Waals surface area (Å²) in [6.07, 6.45) is 1.62. The van der Waals surface area contributed by atoms with E-state index in [1.807, 2.05) is 6.07 Å². The Kier molecular flexibility index (Phi) is 5.77. The van der Waals surface area contributed by atoms with E-state index in [0.29, 0.717) is 15.7 Å². The molecular formula is C24H19N3O5S. The Bertz CT molecular complexity index is 1490. The number of phenols is 2. The van der Waals surface area contributed by atoms with Gasteiger partial charge in [0.05, 0.1) is 34.3 Å². The minimum absolute atomic E-state index is 0.0292. The lowest BCUT2D eigenvalue weighted by atomic mass is 9.84. The van der Waals surface area contributed by atoms with Crippen LogP contribution in [-0.2, 0) is 9.53 Å². The van der Waals surface area contributed by atoms with Crippen LogP contribution in [0, 0.1) is 11.3 Å². The highest BCUT2D eigenvalue weighted by Gasteiger charge is 2.36. The molecule has 4 rings (SSSR count). The molecule has 9 heteroatoms. The third-order valence-electron chi connectivity index (χ3n) is 5.18. The summed E-state index contributed by atoms with van der Waals surface area (Å²) in [5.74, 6) is -1.47. The zero-order valence-corrected chi connectivity index (χ0v) is 18.3. The van der Waals surface area contributed by atoms with Crippen molar-refractivity contribution in [3.05, 3.63) is 84.8 Å². The second kappa shape index (κ2) is 8.68. The van der Waals surface area contributed by atoms with Crippen LogP contribution in [0.5, 0.6) is 11.5 Å². The van der Waals surface area contributed by atoms with Crippen LogP contribution < -0.4 is 20.5 Å². The third-order valence-corrected chi connectivity index (χ3v) is 6.29. The number of carbonyl (C=O) groups is 1. The molecule has 166 valence electrons. The molecule has 0 radical (unpaired) electrons. The number of benzene rings is 2. The Labute approximate surface area is 192 Å². The molecule has 0 aliphatic carbocycles. The minimum atomic E-state index is -0.866. The first-order valence-corrected chi connectivity index (χ1v) is 10.8. The fourth-order valence-corrected chi connectivity index (χ4v) is 4.84. The molecule has 0 amide bonds. The first-order valence-electron chi connectivity index (χ1n) is 9.98. The van der Waals surface area contributed by atoms with Crippen molar-refractivity contribution in [2.75, 3.05) is 6.61 Å². The summed E-state index contributed by atoms with van der Waals surface area (Å²) in [4.78, 5) is 26.3. The van der Waals surface area contributed by atoms with Gasteiger partial charge in [0.25, 0.3) is 5.56 Å². The molecule has 0 saturated carbocycles. The van der Waals surface area contributed by atoms with Gasteiger partial charge in [0.2, 0.25) is 0 Å². The van der Waals surface area contributed by atoms with Crippen molar-refractivity contribution < 1.29 is 19.7 Å². The predicted molar refractivity (Wildman–Crippen MR) is 123 cm³/mol. The second-order valence-electron chi connectivity index (χ2n) is 7.22. The molecule has 0 bridgehead atoms. The number of thiazole rings is 1. The molecule has 1 aromatic heterocycles. The van der Waals surface area contributed by atoms with Gasteiger partial charge in [-0.2, -0.15) is 5.26 Å². The standard InChI is InChI=1S/C24H19N3O5S/c1-2-32-24(31)20-19(14-5-9-16(29)10-6-14)17(12-25)21(26)27-22(30)18(33-23(20)27)11-13-3-7-15(28)8-4-13/h3-11,19,28-29H,2,26H2,1H3/b18-11-. The van der Waals surface area contributed by atoms with Gasteiger partial charge in [0, 0.05) is 0 Å². The molecule has 1 aliphatic heterocycles. The molecule has 2 heterocycles. The number of aromatic hydroxyl groups is 2. The maximum Gasteiger partial charge on any atom is 0.338 e. The van der Waals surface area contributed by atoms with Crippen molar-refractivity contribution in [2.45, 2.75) is 12.8 Å². The van der Waals surface area contributed by atoms with E-state index in [1.54, 1.807) is 37.3 Å². The van der Waals surface area contributed by atoms with E-state index in [1.165, 1.54) is 28.8 Å².